The largest absolute Gasteiger partial charge is 0.405 e. The predicted molar refractivity (Wildman–Crippen MR) is 74.0 cm³/mol. The molecule has 0 saturated heterocycles. The molecule has 0 radical (unpaired) electrons. The van der Waals surface area contributed by atoms with E-state index in [-0.39, 0.29) is 6.04 Å². The minimum absolute atomic E-state index is 0.141. The molecule has 21 heavy (non-hydrogen) atoms. The molecule has 0 aliphatic carbocycles. The molecule has 2 atom stereocenters. The van der Waals surface area contributed by atoms with Crippen molar-refractivity contribution in [2.75, 3.05) is 18.0 Å². The SMILES string of the molecule is CC(C(=O)NCC(F)(F)F)N1CC(N)Cc2ccccc21. The first-order chi connectivity index (χ1) is 9.78. The number of nitrogens with zero attached hydrogens (tertiary/aromatic N) is 1. The normalized spacial score (nSPS) is 19.9. The summed E-state index contributed by atoms with van der Waals surface area (Å²) in [7, 11) is 0. The van der Waals surface area contributed by atoms with Gasteiger partial charge in [-0.3, -0.25) is 4.79 Å². The van der Waals surface area contributed by atoms with Crippen LogP contribution in [0.4, 0.5) is 18.9 Å². The number of hydrogen-bond acceptors (Lipinski definition) is 3. The van der Waals surface area contributed by atoms with Gasteiger partial charge in [0.2, 0.25) is 5.91 Å². The smallest absolute Gasteiger partial charge is 0.358 e. The summed E-state index contributed by atoms with van der Waals surface area (Å²) < 4.78 is 36.5. The molecule has 0 bridgehead atoms. The standard InChI is InChI=1S/C14H18F3N3O/c1-9(13(21)19-8-14(15,16)17)20-7-11(18)6-10-4-2-3-5-12(10)20/h2-5,9,11H,6-8,18H2,1H3,(H,19,21). The zero-order valence-electron chi connectivity index (χ0n) is 11.7. The van der Waals surface area contributed by atoms with Gasteiger partial charge in [0.05, 0.1) is 0 Å². The number of nitrogens with one attached hydrogen (secondary N) is 1. The van der Waals surface area contributed by atoms with Crippen molar-refractivity contribution in [3.8, 4) is 0 Å². The quantitative estimate of drug-likeness (QED) is 0.888. The van der Waals surface area contributed by atoms with E-state index in [0.29, 0.717) is 13.0 Å². The van der Waals surface area contributed by atoms with Gasteiger partial charge in [-0.25, -0.2) is 0 Å². The Morgan fingerprint density at radius 2 is 2.14 bits per heavy atom. The molecule has 1 aromatic carbocycles. The molecule has 0 fully saturated rings. The molecule has 1 amide bonds. The van der Waals surface area contributed by atoms with E-state index in [1.807, 2.05) is 29.6 Å². The molecular formula is C14H18F3N3O. The van der Waals surface area contributed by atoms with Crippen molar-refractivity contribution in [2.24, 2.45) is 5.73 Å². The van der Waals surface area contributed by atoms with Crippen molar-refractivity contribution in [3.63, 3.8) is 0 Å². The summed E-state index contributed by atoms with van der Waals surface area (Å²) in [4.78, 5) is 13.7. The van der Waals surface area contributed by atoms with Crippen LogP contribution in [0.2, 0.25) is 0 Å². The Hall–Kier alpha value is -1.76. The van der Waals surface area contributed by atoms with Crippen LogP contribution in [-0.2, 0) is 11.2 Å². The molecule has 0 aromatic heterocycles. The lowest BCUT2D eigenvalue weighted by Gasteiger charge is -2.38. The highest BCUT2D eigenvalue weighted by molar-refractivity contribution is 5.85. The second-order valence-corrected chi connectivity index (χ2v) is 5.25. The maximum absolute atomic E-state index is 12.2. The van der Waals surface area contributed by atoms with Crippen molar-refractivity contribution in [1.82, 2.24) is 5.32 Å². The lowest BCUT2D eigenvalue weighted by molar-refractivity contribution is -0.139. The summed E-state index contributed by atoms with van der Waals surface area (Å²) in [6, 6.07) is 6.64. The zero-order chi connectivity index (χ0) is 15.6. The second-order valence-electron chi connectivity index (χ2n) is 5.25. The van der Waals surface area contributed by atoms with Gasteiger partial charge in [0, 0.05) is 18.3 Å². The first-order valence-corrected chi connectivity index (χ1v) is 6.72. The fraction of sp³-hybridized carbons (Fsp3) is 0.500. The number of alkyl halides is 3. The van der Waals surface area contributed by atoms with Crippen LogP contribution in [0, 0.1) is 0 Å². The Morgan fingerprint density at radius 3 is 2.81 bits per heavy atom. The fourth-order valence-corrected chi connectivity index (χ4v) is 2.50. The first kappa shape index (κ1) is 15.6. The van der Waals surface area contributed by atoms with Crippen molar-refractivity contribution >= 4 is 11.6 Å². The number of nitrogens with two attached hydrogens (primary N) is 1. The van der Waals surface area contributed by atoms with Crippen LogP contribution in [0.25, 0.3) is 0 Å². The summed E-state index contributed by atoms with van der Waals surface area (Å²) in [6.07, 6.45) is -3.71. The minimum atomic E-state index is -4.41. The number of carbonyl (C=O) groups is 1. The molecule has 116 valence electrons. The van der Waals surface area contributed by atoms with Gasteiger partial charge in [-0.05, 0) is 25.0 Å². The topological polar surface area (TPSA) is 58.4 Å². The van der Waals surface area contributed by atoms with Gasteiger partial charge < -0.3 is 16.0 Å². The van der Waals surface area contributed by atoms with E-state index in [9.17, 15) is 18.0 Å². The van der Waals surface area contributed by atoms with Gasteiger partial charge in [0.25, 0.3) is 0 Å². The van der Waals surface area contributed by atoms with Crippen LogP contribution in [-0.4, -0.2) is 37.3 Å². The van der Waals surface area contributed by atoms with E-state index in [1.54, 1.807) is 11.8 Å². The molecule has 2 unspecified atom stereocenters. The van der Waals surface area contributed by atoms with E-state index in [2.05, 4.69) is 0 Å². The molecule has 1 heterocycles. The van der Waals surface area contributed by atoms with Crippen molar-refractivity contribution in [3.05, 3.63) is 29.8 Å². The van der Waals surface area contributed by atoms with Gasteiger partial charge >= 0.3 is 6.18 Å². The molecule has 3 N–H and O–H groups in total. The van der Waals surface area contributed by atoms with E-state index >= 15 is 0 Å². The molecule has 0 saturated carbocycles. The fourth-order valence-electron chi connectivity index (χ4n) is 2.50. The minimum Gasteiger partial charge on any atom is -0.358 e. The maximum Gasteiger partial charge on any atom is 0.405 e. The number of anilines is 1. The van der Waals surface area contributed by atoms with E-state index in [0.717, 1.165) is 11.3 Å². The third kappa shape index (κ3) is 3.87. The van der Waals surface area contributed by atoms with Crippen LogP contribution >= 0.6 is 0 Å². The van der Waals surface area contributed by atoms with Gasteiger partial charge in [0.15, 0.2) is 0 Å². The number of amides is 1. The van der Waals surface area contributed by atoms with Crippen LogP contribution in [0.3, 0.4) is 0 Å². The summed E-state index contributed by atoms with van der Waals surface area (Å²) in [5.41, 5.74) is 7.83. The Bertz CT molecular complexity index is 518. The second kappa shape index (κ2) is 5.93. The number of halogens is 3. The van der Waals surface area contributed by atoms with Crippen LogP contribution in [0.5, 0.6) is 0 Å². The summed E-state index contributed by atoms with van der Waals surface area (Å²) in [6.45, 7) is 0.704. The highest BCUT2D eigenvalue weighted by Gasteiger charge is 2.32. The third-order valence-corrected chi connectivity index (χ3v) is 3.52. The third-order valence-electron chi connectivity index (χ3n) is 3.52. The molecule has 2 rings (SSSR count). The molecule has 1 aliphatic rings. The highest BCUT2D eigenvalue weighted by Crippen LogP contribution is 2.28. The van der Waals surface area contributed by atoms with E-state index in [1.165, 1.54) is 0 Å². The predicted octanol–water partition coefficient (Wildman–Crippen LogP) is 1.44. The maximum atomic E-state index is 12.2. The first-order valence-electron chi connectivity index (χ1n) is 6.72. The zero-order valence-corrected chi connectivity index (χ0v) is 11.7. The monoisotopic (exact) mass is 301 g/mol. The van der Waals surface area contributed by atoms with Gasteiger partial charge in [-0.2, -0.15) is 13.2 Å². The molecule has 1 aromatic rings. The Labute approximate surface area is 121 Å². The lowest BCUT2D eigenvalue weighted by atomic mass is 9.97. The Kier molecular flexibility index (Phi) is 4.41. The summed E-state index contributed by atoms with van der Waals surface area (Å²) >= 11 is 0. The number of hydrogen-bond donors (Lipinski definition) is 2. The van der Waals surface area contributed by atoms with Crippen LogP contribution in [0.1, 0.15) is 12.5 Å². The molecule has 0 spiro atoms. The van der Waals surface area contributed by atoms with E-state index in [4.69, 9.17) is 5.73 Å². The van der Waals surface area contributed by atoms with Crippen molar-refractivity contribution < 1.29 is 18.0 Å². The number of carbonyl (C=O) groups excluding carboxylic acids is 1. The molecule has 7 heteroatoms. The number of benzene rings is 1. The average Bonchev–Trinajstić information content (AvgIpc) is 2.42. The summed E-state index contributed by atoms with van der Waals surface area (Å²) in [5, 5.41) is 1.92. The van der Waals surface area contributed by atoms with Crippen molar-refractivity contribution in [1.29, 1.82) is 0 Å². The Morgan fingerprint density at radius 1 is 1.48 bits per heavy atom. The van der Waals surface area contributed by atoms with E-state index < -0.39 is 24.7 Å². The van der Waals surface area contributed by atoms with Crippen molar-refractivity contribution in [2.45, 2.75) is 31.6 Å². The van der Waals surface area contributed by atoms with Gasteiger partial charge in [0.1, 0.15) is 12.6 Å². The number of fused-ring (bicyclic) bond motifs is 1. The van der Waals surface area contributed by atoms with Crippen LogP contribution < -0.4 is 16.0 Å². The summed E-state index contributed by atoms with van der Waals surface area (Å²) in [5.74, 6) is -0.656. The molecule has 4 nitrogen and oxygen atoms in total. The highest BCUT2D eigenvalue weighted by atomic mass is 19.4. The average molecular weight is 301 g/mol. The number of para-hydroxylation sites is 1. The van der Waals surface area contributed by atoms with Crippen LogP contribution in [0.15, 0.2) is 24.3 Å². The molecular weight excluding hydrogens is 283 g/mol. The Balaban J connectivity index is 2.12. The number of rotatable bonds is 3. The van der Waals surface area contributed by atoms with Gasteiger partial charge in [-0.15, -0.1) is 0 Å². The van der Waals surface area contributed by atoms with Gasteiger partial charge in [-0.1, -0.05) is 18.2 Å². The molecule has 1 aliphatic heterocycles. The lowest BCUT2D eigenvalue weighted by Crippen LogP contribution is -2.53.